The van der Waals surface area contributed by atoms with Crippen LogP contribution in [0.25, 0.3) is 0 Å². The second-order valence-corrected chi connectivity index (χ2v) is 10.8. The molecule has 38 heavy (non-hydrogen) atoms. The number of amidine groups is 1. The van der Waals surface area contributed by atoms with Crippen molar-refractivity contribution in [1.29, 1.82) is 0 Å². The number of benzene rings is 2. The lowest BCUT2D eigenvalue weighted by atomic mass is 9.94. The molecule has 0 bridgehead atoms. The van der Waals surface area contributed by atoms with Crippen LogP contribution in [0.5, 0.6) is 11.5 Å². The van der Waals surface area contributed by atoms with Gasteiger partial charge in [-0.3, -0.25) is 14.7 Å². The van der Waals surface area contributed by atoms with E-state index in [1.807, 2.05) is 60.5 Å². The fraction of sp³-hybridized carbons (Fsp3) is 0.367. The van der Waals surface area contributed by atoms with Gasteiger partial charge in [0.2, 0.25) is 5.91 Å². The maximum absolute atomic E-state index is 13.4. The highest BCUT2D eigenvalue weighted by atomic mass is 35.5. The number of fused-ring (bicyclic) bond motifs is 2. The summed E-state index contributed by atoms with van der Waals surface area (Å²) >= 11 is 6.37. The number of amides is 1. The first kappa shape index (κ1) is 24.9. The Hall–Kier alpha value is -3.42. The third kappa shape index (κ3) is 5.26. The van der Waals surface area contributed by atoms with Crippen LogP contribution in [-0.4, -0.2) is 70.7 Å². The maximum atomic E-state index is 13.4. The largest absolute Gasteiger partial charge is 0.454 e. The Labute approximate surface area is 228 Å². The molecule has 196 valence electrons. The average Bonchev–Trinajstić information content (AvgIpc) is 3.10. The van der Waals surface area contributed by atoms with Gasteiger partial charge in [-0.25, -0.2) is 4.99 Å². The average molecular weight is 530 g/mol. The second-order valence-electron chi connectivity index (χ2n) is 10.3. The molecule has 2 aromatic carbocycles. The highest BCUT2D eigenvalue weighted by Gasteiger charge is 2.32. The first-order chi connectivity index (χ1) is 18.5. The van der Waals surface area contributed by atoms with Gasteiger partial charge in [-0.2, -0.15) is 0 Å². The van der Waals surface area contributed by atoms with Crippen molar-refractivity contribution in [3.05, 3.63) is 82.6 Å². The van der Waals surface area contributed by atoms with Gasteiger partial charge in [0.1, 0.15) is 17.3 Å². The Morgan fingerprint density at radius 3 is 2.55 bits per heavy atom. The molecule has 0 spiro atoms. The van der Waals surface area contributed by atoms with Crippen molar-refractivity contribution in [2.45, 2.75) is 26.3 Å². The van der Waals surface area contributed by atoms with Gasteiger partial charge in [0.05, 0.1) is 5.56 Å². The molecule has 0 saturated carbocycles. The summed E-state index contributed by atoms with van der Waals surface area (Å²) in [6, 6.07) is 17.7. The van der Waals surface area contributed by atoms with Crippen LogP contribution < -0.4 is 4.74 Å². The Bertz CT molecular complexity index is 1360. The van der Waals surface area contributed by atoms with E-state index >= 15 is 0 Å². The summed E-state index contributed by atoms with van der Waals surface area (Å²) in [7, 11) is 0. The van der Waals surface area contributed by atoms with Crippen LogP contribution in [0.3, 0.4) is 0 Å². The molecule has 0 unspecified atom stereocenters. The number of aliphatic imine (C=N–C) groups is 1. The Kier molecular flexibility index (Phi) is 7.04. The SMILES string of the molecule is Cc1cc(CN2CCC(C(=O)N3CCN(C4=Nc5ccccc5Oc5ccc(Cl)cc54)CC3)CC2)ccn1. The molecule has 3 aromatic rings. The number of halogens is 1. The number of rotatable bonds is 3. The van der Waals surface area contributed by atoms with Crippen LogP contribution in [-0.2, 0) is 11.3 Å². The smallest absolute Gasteiger partial charge is 0.225 e. The van der Waals surface area contributed by atoms with Crippen LogP contribution in [0.15, 0.2) is 65.8 Å². The summed E-state index contributed by atoms with van der Waals surface area (Å²) in [5.41, 5.74) is 4.01. The van der Waals surface area contributed by atoms with Crippen molar-refractivity contribution < 1.29 is 9.53 Å². The van der Waals surface area contributed by atoms with E-state index in [1.54, 1.807) is 0 Å². The molecule has 8 heteroatoms. The lowest BCUT2D eigenvalue weighted by Gasteiger charge is -2.39. The third-order valence-electron chi connectivity index (χ3n) is 7.69. The molecule has 0 N–H and O–H groups in total. The number of nitrogens with zero attached hydrogens (tertiary/aromatic N) is 5. The maximum Gasteiger partial charge on any atom is 0.225 e. The summed E-state index contributed by atoms with van der Waals surface area (Å²) in [5.74, 6) is 2.71. The summed E-state index contributed by atoms with van der Waals surface area (Å²) in [4.78, 5) is 29.5. The molecule has 3 aliphatic heterocycles. The fourth-order valence-electron chi connectivity index (χ4n) is 5.63. The summed E-state index contributed by atoms with van der Waals surface area (Å²) in [6.07, 6.45) is 3.70. The number of carbonyl (C=O) groups excluding carboxylic acids is 1. The number of hydrogen-bond donors (Lipinski definition) is 0. The van der Waals surface area contributed by atoms with Crippen LogP contribution >= 0.6 is 11.6 Å². The van der Waals surface area contributed by atoms with E-state index in [0.717, 1.165) is 79.8 Å². The minimum absolute atomic E-state index is 0.104. The second kappa shape index (κ2) is 10.8. The molecule has 7 nitrogen and oxygen atoms in total. The Balaban J connectivity index is 1.09. The topological polar surface area (TPSA) is 61.3 Å². The number of aromatic nitrogens is 1. The van der Waals surface area contributed by atoms with Crippen molar-refractivity contribution in [3.63, 3.8) is 0 Å². The number of hydrogen-bond acceptors (Lipinski definition) is 6. The van der Waals surface area contributed by atoms with E-state index in [0.29, 0.717) is 24.0 Å². The zero-order valence-corrected chi connectivity index (χ0v) is 22.4. The van der Waals surface area contributed by atoms with E-state index in [4.69, 9.17) is 21.3 Å². The predicted molar refractivity (Wildman–Crippen MR) is 149 cm³/mol. The molecule has 6 rings (SSSR count). The highest BCUT2D eigenvalue weighted by molar-refractivity contribution is 6.31. The van der Waals surface area contributed by atoms with Crippen LogP contribution in [0.2, 0.25) is 5.02 Å². The van der Waals surface area contributed by atoms with E-state index in [-0.39, 0.29) is 5.92 Å². The Morgan fingerprint density at radius 2 is 1.76 bits per heavy atom. The molecule has 2 saturated heterocycles. The molecular formula is C30H32ClN5O2. The van der Waals surface area contributed by atoms with Crippen LogP contribution in [0.1, 0.15) is 29.7 Å². The summed E-state index contributed by atoms with van der Waals surface area (Å²) in [6.45, 7) is 7.66. The van der Waals surface area contributed by atoms with E-state index in [2.05, 4.69) is 26.9 Å². The summed E-state index contributed by atoms with van der Waals surface area (Å²) in [5, 5.41) is 0.644. The lowest BCUT2D eigenvalue weighted by Crippen LogP contribution is -2.53. The van der Waals surface area contributed by atoms with Gasteiger partial charge in [0.15, 0.2) is 5.75 Å². The number of ether oxygens (including phenoxy) is 1. The number of likely N-dealkylation sites (tertiary alicyclic amines) is 1. The van der Waals surface area contributed by atoms with Crippen molar-refractivity contribution in [1.82, 2.24) is 19.7 Å². The molecule has 1 amide bonds. The van der Waals surface area contributed by atoms with Gasteiger partial charge < -0.3 is 14.5 Å². The van der Waals surface area contributed by atoms with Crippen LogP contribution in [0.4, 0.5) is 5.69 Å². The molecule has 4 heterocycles. The first-order valence-electron chi connectivity index (χ1n) is 13.4. The molecule has 2 fully saturated rings. The van der Waals surface area contributed by atoms with E-state index < -0.39 is 0 Å². The minimum Gasteiger partial charge on any atom is -0.454 e. The minimum atomic E-state index is 0.104. The fourth-order valence-corrected chi connectivity index (χ4v) is 5.80. The molecular weight excluding hydrogens is 498 g/mol. The van der Waals surface area contributed by atoms with Crippen molar-refractivity contribution in [3.8, 4) is 11.5 Å². The highest BCUT2D eigenvalue weighted by Crippen LogP contribution is 2.39. The van der Waals surface area contributed by atoms with Gasteiger partial charge in [-0.1, -0.05) is 23.7 Å². The Morgan fingerprint density at radius 1 is 0.974 bits per heavy atom. The molecule has 0 radical (unpaired) electrons. The number of aryl methyl sites for hydroxylation is 1. The zero-order chi connectivity index (χ0) is 26.1. The molecule has 1 aromatic heterocycles. The van der Waals surface area contributed by atoms with Crippen molar-refractivity contribution in [2.24, 2.45) is 10.9 Å². The molecule has 0 atom stereocenters. The van der Waals surface area contributed by atoms with E-state index in [1.165, 1.54) is 5.56 Å². The lowest BCUT2D eigenvalue weighted by molar-refractivity contribution is -0.138. The van der Waals surface area contributed by atoms with Gasteiger partial charge in [-0.15, -0.1) is 0 Å². The van der Waals surface area contributed by atoms with Gasteiger partial charge >= 0.3 is 0 Å². The monoisotopic (exact) mass is 529 g/mol. The summed E-state index contributed by atoms with van der Waals surface area (Å²) < 4.78 is 6.20. The number of carbonyl (C=O) groups is 1. The van der Waals surface area contributed by atoms with E-state index in [9.17, 15) is 4.79 Å². The van der Waals surface area contributed by atoms with Crippen molar-refractivity contribution in [2.75, 3.05) is 39.3 Å². The van der Waals surface area contributed by atoms with Gasteiger partial charge in [-0.05, 0) is 80.9 Å². The van der Waals surface area contributed by atoms with Gasteiger partial charge in [0, 0.05) is 55.6 Å². The number of piperidine rings is 1. The van der Waals surface area contributed by atoms with Gasteiger partial charge in [0.25, 0.3) is 0 Å². The first-order valence-corrected chi connectivity index (χ1v) is 13.7. The predicted octanol–water partition coefficient (Wildman–Crippen LogP) is 5.28. The molecule has 3 aliphatic rings. The number of piperazine rings is 1. The standard InChI is InChI=1S/C30H32ClN5O2/c1-21-18-22(8-11-32-21)20-34-12-9-23(10-13-34)30(37)36-16-14-35(15-17-36)29-25-19-24(31)6-7-27(25)38-28-5-3-2-4-26(28)33-29/h2-8,11,18-19,23H,9-10,12-17,20H2,1H3. The zero-order valence-electron chi connectivity index (χ0n) is 21.6. The van der Waals surface area contributed by atoms with Crippen molar-refractivity contribution >= 4 is 29.0 Å². The third-order valence-corrected chi connectivity index (χ3v) is 7.92. The van der Waals surface area contributed by atoms with Crippen LogP contribution in [0, 0.1) is 12.8 Å². The molecule has 0 aliphatic carbocycles. The normalized spacial score (nSPS) is 18.2. The number of pyridine rings is 1. The quantitative estimate of drug-likeness (QED) is 0.462. The number of para-hydroxylation sites is 2.